The average Bonchev–Trinajstić information content (AvgIpc) is 3.45. The first-order valence-corrected chi connectivity index (χ1v) is 11.4. The number of aliphatic hydroxyl groups excluding tert-OH is 2. The average molecular weight is 476 g/mol. The Kier molecular flexibility index (Phi) is 6.28. The van der Waals surface area contributed by atoms with Crippen molar-refractivity contribution < 1.29 is 19.7 Å². The van der Waals surface area contributed by atoms with Gasteiger partial charge in [0.2, 0.25) is 0 Å². The zero-order valence-electron chi connectivity index (χ0n) is 18.0. The van der Waals surface area contributed by atoms with E-state index in [2.05, 4.69) is 15.3 Å². The Labute approximate surface area is 198 Å². The van der Waals surface area contributed by atoms with Crippen LogP contribution in [0.3, 0.4) is 0 Å². The minimum absolute atomic E-state index is 0.0436. The number of aliphatic hydroxyl groups is 2. The fourth-order valence-corrected chi connectivity index (χ4v) is 4.34. The highest BCUT2D eigenvalue weighted by Crippen LogP contribution is 2.30. The number of hydrogen-bond donors (Lipinski definition) is 3. The Morgan fingerprint density at radius 2 is 1.91 bits per heavy atom. The molecule has 1 atom stereocenters. The van der Waals surface area contributed by atoms with Crippen molar-refractivity contribution in [1.82, 2.24) is 19.4 Å². The van der Waals surface area contributed by atoms with Gasteiger partial charge in [-0.3, -0.25) is 14.2 Å². The molecule has 0 aliphatic heterocycles. The van der Waals surface area contributed by atoms with Gasteiger partial charge in [0.1, 0.15) is 11.8 Å². The first-order valence-electron chi connectivity index (χ1n) is 10.6. The first kappa shape index (κ1) is 22.1. The number of carbonyl (C=O) groups excluding carboxylic acids is 1. The van der Waals surface area contributed by atoms with Crippen molar-refractivity contribution in [2.45, 2.75) is 12.7 Å². The van der Waals surface area contributed by atoms with Crippen LogP contribution < -0.4 is 5.32 Å². The molecule has 34 heavy (non-hydrogen) atoms. The van der Waals surface area contributed by atoms with Crippen LogP contribution in [0.1, 0.15) is 16.2 Å². The zero-order valence-corrected chi connectivity index (χ0v) is 18.8. The fourth-order valence-electron chi connectivity index (χ4n) is 3.48. The molecule has 5 rings (SSSR count). The monoisotopic (exact) mass is 475 g/mol. The van der Waals surface area contributed by atoms with Crippen LogP contribution >= 0.6 is 11.3 Å². The molecular weight excluding hydrogens is 454 g/mol. The van der Waals surface area contributed by atoms with E-state index in [9.17, 15) is 9.90 Å². The number of aromatic nitrogens is 4. The Hall–Kier alpha value is -3.70. The van der Waals surface area contributed by atoms with E-state index in [-0.39, 0.29) is 31.4 Å². The van der Waals surface area contributed by atoms with Crippen molar-refractivity contribution in [3.05, 3.63) is 77.7 Å². The van der Waals surface area contributed by atoms with E-state index in [0.29, 0.717) is 16.9 Å². The van der Waals surface area contributed by atoms with Crippen LogP contribution in [0.5, 0.6) is 0 Å². The molecule has 9 nitrogen and oxygen atoms in total. The van der Waals surface area contributed by atoms with Crippen molar-refractivity contribution in [3.63, 3.8) is 0 Å². The third kappa shape index (κ3) is 4.52. The number of ether oxygens (including phenoxy) is 1. The largest absolute Gasteiger partial charge is 0.394 e. The quantitative estimate of drug-likeness (QED) is 0.315. The van der Waals surface area contributed by atoms with Gasteiger partial charge in [-0.05, 0) is 18.2 Å². The van der Waals surface area contributed by atoms with Gasteiger partial charge >= 0.3 is 0 Å². The molecule has 172 valence electrons. The van der Waals surface area contributed by atoms with Crippen LogP contribution in [0.4, 0.5) is 5.69 Å². The summed E-state index contributed by atoms with van der Waals surface area (Å²) in [7, 11) is 0. The second-order valence-electron chi connectivity index (χ2n) is 7.60. The molecule has 5 aromatic rings. The lowest BCUT2D eigenvalue weighted by molar-refractivity contribution is -0.000928. The summed E-state index contributed by atoms with van der Waals surface area (Å²) in [5.41, 5.74) is 4.55. The zero-order chi connectivity index (χ0) is 23.5. The molecule has 1 unspecified atom stereocenters. The van der Waals surface area contributed by atoms with E-state index in [1.165, 1.54) is 17.5 Å². The lowest BCUT2D eigenvalue weighted by Crippen LogP contribution is -2.19. The summed E-state index contributed by atoms with van der Waals surface area (Å²) >= 11 is 1.47. The fraction of sp³-hybridized carbons (Fsp3) is 0.167. The van der Waals surface area contributed by atoms with Gasteiger partial charge in [-0.25, -0.2) is 9.97 Å². The lowest BCUT2D eigenvalue weighted by atomic mass is 10.1. The minimum atomic E-state index is -0.907. The number of fused-ring (bicyclic) bond motifs is 2. The van der Waals surface area contributed by atoms with E-state index < -0.39 is 6.10 Å². The van der Waals surface area contributed by atoms with E-state index >= 15 is 0 Å². The highest BCUT2D eigenvalue weighted by Gasteiger charge is 2.16. The molecule has 0 saturated carbocycles. The maximum atomic E-state index is 12.9. The van der Waals surface area contributed by atoms with E-state index in [1.54, 1.807) is 0 Å². The number of nitrogens with zero attached hydrogens (tertiary/aromatic N) is 4. The molecule has 10 heteroatoms. The molecule has 0 aliphatic carbocycles. The van der Waals surface area contributed by atoms with Gasteiger partial charge in [-0.1, -0.05) is 30.3 Å². The van der Waals surface area contributed by atoms with Crippen LogP contribution in [0.25, 0.3) is 27.3 Å². The molecule has 0 aliphatic rings. The number of hydrogen-bond acceptors (Lipinski definition) is 8. The lowest BCUT2D eigenvalue weighted by Gasteiger charge is -2.09. The minimum Gasteiger partial charge on any atom is -0.394 e. The maximum absolute atomic E-state index is 12.9. The predicted molar refractivity (Wildman–Crippen MR) is 129 cm³/mol. The van der Waals surface area contributed by atoms with Crippen LogP contribution in [0.2, 0.25) is 0 Å². The predicted octanol–water partition coefficient (Wildman–Crippen LogP) is 3.13. The number of anilines is 1. The summed E-state index contributed by atoms with van der Waals surface area (Å²) in [4.78, 5) is 27.1. The molecule has 0 fully saturated rings. The van der Waals surface area contributed by atoms with Crippen molar-refractivity contribution in [3.8, 4) is 11.3 Å². The Balaban J connectivity index is 1.38. The van der Waals surface area contributed by atoms with Gasteiger partial charge in [-0.2, -0.15) is 0 Å². The molecule has 1 amide bonds. The molecule has 3 N–H and O–H groups in total. The summed E-state index contributed by atoms with van der Waals surface area (Å²) in [5.74, 6) is -0.358. The summed E-state index contributed by atoms with van der Waals surface area (Å²) in [6.07, 6.45) is 2.44. The van der Waals surface area contributed by atoms with Crippen LogP contribution in [-0.2, 0) is 11.3 Å². The molecule has 2 aromatic carbocycles. The standard InChI is InChI=1S/C24H21N5O4S/c30-11-16(31)13-33-12-15-14-34-24-28-22(10-29(15)24)17-5-1-2-6-18(17)27-23(32)21-9-25-19-7-3-4-8-20(19)26-21/h1-10,14,16,30-31H,11-13H2,(H,27,32). The van der Waals surface area contributed by atoms with Gasteiger partial charge in [0.25, 0.3) is 5.91 Å². The van der Waals surface area contributed by atoms with Gasteiger partial charge in [0, 0.05) is 17.1 Å². The second kappa shape index (κ2) is 9.65. The Morgan fingerprint density at radius 1 is 1.12 bits per heavy atom. The molecule has 0 bridgehead atoms. The third-order valence-electron chi connectivity index (χ3n) is 5.19. The van der Waals surface area contributed by atoms with Gasteiger partial charge in [-0.15, -0.1) is 11.3 Å². The topological polar surface area (TPSA) is 122 Å². The molecule has 3 heterocycles. The third-order valence-corrected chi connectivity index (χ3v) is 6.08. The number of amides is 1. The van der Waals surface area contributed by atoms with Gasteiger partial charge in [0.15, 0.2) is 4.96 Å². The molecule has 0 radical (unpaired) electrons. The number of rotatable bonds is 8. The van der Waals surface area contributed by atoms with Crippen molar-refractivity contribution in [1.29, 1.82) is 0 Å². The normalized spacial score (nSPS) is 12.3. The van der Waals surface area contributed by atoms with Gasteiger partial charge < -0.3 is 20.3 Å². The van der Waals surface area contributed by atoms with Crippen LogP contribution in [0.15, 0.2) is 66.3 Å². The maximum Gasteiger partial charge on any atom is 0.275 e. The smallest absolute Gasteiger partial charge is 0.275 e. The van der Waals surface area contributed by atoms with Crippen molar-refractivity contribution in [2.24, 2.45) is 0 Å². The van der Waals surface area contributed by atoms with Crippen LogP contribution in [-0.4, -0.2) is 54.8 Å². The molecule has 0 spiro atoms. The molecule has 0 saturated heterocycles. The van der Waals surface area contributed by atoms with Crippen LogP contribution in [0, 0.1) is 0 Å². The highest BCUT2D eigenvalue weighted by atomic mass is 32.1. The Morgan fingerprint density at radius 3 is 2.76 bits per heavy atom. The number of imidazole rings is 1. The number of benzene rings is 2. The number of thiazole rings is 1. The number of carbonyl (C=O) groups is 1. The SMILES string of the molecule is O=C(Nc1ccccc1-c1cn2c(COCC(O)CO)csc2n1)c1cnc2ccccc2n1. The van der Waals surface area contributed by atoms with Crippen molar-refractivity contribution >= 4 is 38.9 Å². The summed E-state index contributed by atoms with van der Waals surface area (Å²) in [6, 6.07) is 14.8. The van der Waals surface area contributed by atoms with Gasteiger partial charge in [0.05, 0.1) is 54.1 Å². The van der Waals surface area contributed by atoms with E-state index in [4.69, 9.17) is 14.8 Å². The van der Waals surface area contributed by atoms with E-state index in [0.717, 1.165) is 21.7 Å². The number of para-hydroxylation sites is 3. The summed E-state index contributed by atoms with van der Waals surface area (Å²) < 4.78 is 7.40. The van der Waals surface area contributed by atoms with Crippen molar-refractivity contribution in [2.75, 3.05) is 18.5 Å². The van der Waals surface area contributed by atoms with E-state index in [1.807, 2.05) is 64.5 Å². The second-order valence-corrected chi connectivity index (χ2v) is 8.44. The molecular formula is C24H21N5O4S. The highest BCUT2D eigenvalue weighted by molar-refractivity contribution is 7.15. The first-order chi connectivity index (χ1) is 16.6. The summed E-state index contributed by atoms with van der Waals surface area (Å²) in [5, 5.41) is 23.2. The molecule has 3 aromatic heterocycles. The Bertz CT molecular complexity index is 1460. The summed E-state index contributed by atoms with van der Waals surface area (Å²) in [6.45, 7) is -0.0324. The number of nitrogens with one attached hydrogen (secondary N) is 1.